The summed E-state index contributed by atoms with van der Waals surface area (Å²) in [5, 5.41) is 11.6. The number of benzene rings is 7. The number of anilines is 4. The minimum Gasteiger partial charge on any atom is -0.315 e. The Morgan fingerprint density at radius 3 is 0.920 bits per heavy atom. The molecule has 0 bridgehead atoms. The number of aromatic nitrogens is 5. The number of carbonyl (C=O) groups excluding carboxylic acids is 8. The number of amides is 4. The normalized spacial score (nSPS) is 10.7. The van der Waals surface area contributed by atoms with Crippen molar-refractivity contribution < 1.29 is 42.7 Å². The third-order valence-electron chi connectivity index (χ3n) is 18.4. The van der Waals surface area contributed by atoms with Gasteiger partial charge in [-0.2, -0.15) is 0 Å². The molecule has 5 heterocycles. The lowest BCUT2D eigenvalue weighted by molar-refractivity contribution is -0.118. The fourth-order valence-electron chi connectivity index (χ4n) is 12.0. The number of rotatable bonds is 24. The first-order valence-electron chi connectivity index (χ1n) is 36.5. The molecule has 0 saturated carbocycles. The Morgan fingerprint density at radius 2 is 0.616 bits per heavy atom. The van der Waals surface area contributed by atoms with Gasteiger partial charge in [-0.05, 0) is 147 Å². The number of thiazole rings is 4. The van der Waals surface area contributed by atoms with Crippen LogP contribution in [0.3, 0.4) is 0 Å². The lowest BCUT2D eigenvalue weighted by Crippen LogP contribution is -2.25. The van der Waals surface area contributed by atoms with E-state index in [2.05, 4.69) is 31.0 Å². The number of pyridine rings is 1. The first-order chi connectivity index (χ1) is 53.5. The van der Waals surface area contributed by atoms with Gasteiger partial charge in [0.25, 0.3) is 0 Å². The van der Waals surface area contributed by atoms with Crippen molar-refractivity contribution in [3.63, 3.8) is 0 Å². The largest absolute Gasteiger partial charge is 0.315 e. The second-order valence-electron chi connectivity index (χ2n) is 26.7. The number of halogens is 2. The summed E-state index contributed by atoms with van der Waals surface area (Å²) >= 11 is 12.4. The van der Waals surface area contributed by atoms with Crippen LogP contribution in [0.25, 0.3) is 44.6 Å². The molecule has 0 radical (unpaired) electrons. The minimum absolute atomic E-state index is 0.00197. The Kier molecular flexibility index (Phi) is 30.2. The van der Waals surface area contributed by atoms with E-state index < -0.39 is 5.82 Å². The number of aryl methyl sites for hydroxylation is 6. The van der Waals surface area contributed by atoms with Gasteiger partial charge in [0.1, 0.15) is 25.8 Å². The summed E-state index contributed by atoms with van der Waals surface area (Å²) < 4.78 is 14.5. The lowest BCUT2D eigenvalue weighted by atomic mass is 9.99. The van der Waals surface area contributed by atoms with Crippen molar-refractivity contribution >= 4 is 126 Å². The highest BCUT2D eigenvalue weighted by atomic mass is 35.5. The molecule has 112 heavy (non-hydrogen) atoms. The summed E-state index contributed by atoms with van der Waals surface area (Å²) in [6.45, 7) is 18.9. The zero-order valence-corrected chi connectivity index (χ0v) is 69.3. The van der Waals surface area contributed by atoms with E-state index in [9.17, 15) is 42.7 Å². The molecule has 0 aliphatic heterocycles. The number of Topliss-reactive ketones (excluding diaryl/α,β-unsaturated/α-hetero) is 4. The predicted octanol–water partition coefficient (Wildman–Crippen LogP) is 20.5. The molecule has 0 unspecified atom stereocenters. The highest BCUT2D eigenvalue weighted by molar-refractivity contribution is 7.10. The first kappa shape index (κ1) is 85.0. The van der Waals surface area contributed by atoms with Gasteiger partial charge in [-0.25, -0.2) is 24.3 Å². The number of nitrogens with zero attached hydrogens (tertiary/aromatic N) is 9. The molecule has 23 heteroatoms. The molecular weight excluding hydrogens is 1510 g/mol. The van der Waals surface area contributed by atoms with Gasteiger partial charge in [-0.3, -0.25) is 43.3 Å². The average Bonchev–Trinajstić information content (AvgIpc) is 1.34. The fourth-order valence-corrected chi connectivity index (χ4v) is 15.4. The fraction of sp³-hybridized carbons (Fsp3) is 0.247. The molecular formula is C89H89ClFN9O8S4. The van der Waals surface area contributed by atoms with Crippen LogP contribution in [-0.4, -0.2) is 99.9 Å². The third-order valence-corrected chi connectivity index (χ3v) is 22.5. The number of carbonyl (C=O) groups is 8. The molecule has 0 saturated heterocycles. The van der Waals surface area contributed by atoms with Crippen LogP contribution >= 0.6 is 56.9 Å². The van der Waals surface area contributed by atoms with Gasteiger partial charge < -0.3 is 19.6 Å². The lowest BCUT2D eigenvalue weighted by Gasteiger charge is -2.19. The maximum Gasteiger partial charge on any atom is 0.226 e. The van der Waals surface area contributed by atoms with Crippen LogP contribution in [0, 0.1) is 47.4 Å². The monoisotopic (exact) mass is 1590 g/mol. The Hall–Kier alpha value is -11.0. The van der Waals surface area contributed by atoms with Crippen LogP contribution in [0.1, 0.15) is 149 Å². The Labute approximate surface area is 674 Å². The van der Waals surface area contributed by atoms with Crippen molar-refractivity contribution in [2.24, 2.45) is 0 Å². The third kappa shape index (κ3) is 22.6. The summed E-state index contributed by atoms with van der Waals surface area (Å²) in [6, 6.07) is 48.2. The molecule has 12 rings (SSSR count). The summed E-state index contributed by atoms with van der Waals surface area (Å²) in [5.74, 6) is -0.289. The topological polar surface area (TPSA) is 214 Å². The second-order valence-corrected chi connectivity index (χ2v) is 30.8. The summed E-state index contributed by atoms with van der Waals surface area (Å²) in [4.78, 5) is 125. The molecule has 17 nitrogen and oxygen atoms in total. The molecule has 0 aliphatic rings. The summed E-state index contributed by atoms with van der Waals surface area (Å²) in [7, 11) is 6.87. The molecule has 0 spiro atoms. The molecule has 0 aliphatic carbocycles. The van der Waals surface area contributed by atoms with Crippen molar-refractivity contribution in [3.8, 4) is 44.6 Å². The average molecular weight is 1600 g/mol. The van der Waals surface area contributed by atoms with E-state index in [1.165, 1.54) is 56.3 Å². The smallest absolute Gasteiger partial charge is 0.226 e. The number of hydrogen-bond acceptors (Lipinski definition) is 17. The maximum atomic E-state index is 14.5. The molecule has 576 valence electrons. The van der Waals surface area contributed by atoms with Gasteiger partial charge in [0.15, 0.2) is 23.1 Å². The van der Waals surface area contributed by atoms with E-state index in [-0.39, 0.29) is 58.9 Å². The first-order valence-corrected chi connectivity index (χ1v) is 40.4. The molecule has 7 aromatic carbocycles. The van der Waals surface area contributed by atoms with Gasteiger partial charge in [0.2, 0.25) is 23.6 Å². The van der Waals surface area contributed by atoms with Gasteiger partial charge in [-0.15, -0.1) is 45.3 Å². The molecule has 0 N–H and O–H groups in total. The van der Waals surface area contributed by atoms with E-state index in [4.69, 9.17) is 11.6 Å². The Bertz CT molecular complexity index is 4700. The van der Waals surface area contributed by atoms with Crippen LogP contribution in [-0.2, 0) is 44.9 Å². The zero-order valence-electron chi connectivity index (χ0n) is 65.2. The summed E-state index contributed by atoms with van der Waals surface area (Å²) in [6.07, 6.45) is 4.53. The van der Waals surface area contributed by atoms with E-state index >= 15 is 0 Å². The Balaban J connectivity index is 0.000000171. The van der Waals surface area contributed by atoms with E-state index in [0.29, 0.717) is 83.5 Å². The van der Waals surface area contributed by atoms with Crippen LogP contribution < -0.4 is 19.6 Å². The molecule has 0 atom stereocenters. The van der Waals surface area contributed by atoms with Gasteiger partial charge >= 0.3 is 0 Å². The predicted molar refractivity (Wildman–Crippen MR) is 454 cm³/mol. The Morgan fingerprint density at radius 1 is 0.339 bits per heavy atom. The highest BCUT2D eigenvalue weighted by Crippen LogP contribution is 2.34. The zero-order chi connectivity index (χ0) is 81.0. The highest BCUT2D eigenvalue weighted by Gasteiger charge is 2.21. The quantitative estimate of drug-likeness (QED) is 0.0515. The molecule has 0 fully saturated rings. The van der Waals surface area contributed by atoms with E-state index in [1.807, 2.05) is 187 Å². The second kappa shape index (κ2) is 39.8. The van der Waals surface area contributed by atoms with Crippen molar-refractivity contribution in [3.05, 3.63) is 272 Å². The number of ketones is 4. The SMILES string of the molecule is CCC(=O)N(C)c1ccc(-c2ccc(C(=O)Cc3nc(C)cs3)cc2)cc1C.CCC(=O)N(C)c1ccc(-c2ccc(C(=O)Cc3nc(C)cs3)cc2)cc1Cl.CCC(=O)N(C)c1ccc(-c2ccc(C(=O)Cc3nc(C)cs3)cc2)cc1F.CCC(=O)N(C)c1ccc(-c2ccc(C(=O)Cc3nc(C)cs3)cn2)cc1C. The van der Waals surface area contributed by atoms with E-state index in [1.54, 1.807) is 98.5 Å². The summed E-state index contributed by atoms with van der Waals surface area (Å²) in [5.41, 5.74) is 18.3. The molecule has 5 aromatic heterocycles. The molecule has 4 amide bonds. The van der Waals surface area contributed by atoms with Crippen LogP contribution in [0.5, 0.6) is 0 Å². The minimum atomic E-state index is -0.457. The number of hydrogen-bond donors (Lipinski definition) is 0. The van der Waals surface area contributed by atoms with Crippen LogP contribution in [0.2, 0.25) is 5.02 Å². The van der Waals surface area contributed by atoms with Crippen LogP contribution in [0.15, 0.2) is 185 Å². The standard InChI is InChI=1S/C23H24N2O2S.C22H21ClN2O2S.C22H21FN2O2S.C22H23N3O2S/c1-5-23(27)25(4)20-11-10-19(12-15(20)2)17-6-8-18(9-7-17)21(26)13-22-24-16(3)14-28-22;2*1-4-22(27)25(3)19-10-9-17(11-18(19)23)15-5-7-16(8-6-15)20(26)12-21-24-14(2)13-28-21;1-5-22(27)25(4)19-9-7-16(10-14(19)2)18-8-6-17(12-23-18)20(26)11-21-24-15(3)13-28-21/h6-12,14H,5,13H2,1-4H3;2*5-11,13H,4,12H2,1-3H3;6-10,12-13H,5,11H2,1-4H3. The van der Waals surface area contributed by atoms with E-state index in [0.717, 1.165) is 104 Å². The van der Waals surface area contributed by atoms with Crippen LogP contribution in [0.4, 0.5) is 27.1 Å². The maximum absolute atomic E-state index is 14.5. The van der Waals surface area contributed by atoms with Gasteiger partial charge in [-0.1, -0.05) is 136 Å². The van der Waals surface area contributed by atoms with Gasteiger partial charge in [0, 0.05) is 144 Å². The van der Waals surface area contributed by atoms with Crippen molar-refractivity contribution in [2.45, 2.75) is 121 Å². The van der Waals surface area contributed by atoms with Gasteiger partial charge in [0.05, 0.1) is 47.8 Å². The van der Waals surface area contributed by atoms with Crippen molar-refractivity contribution in [1.82, 2.24) is 24.9 Å². The van der Waals surface area contributed by atoms with Crippen molar-refractivity contribution in [2.75, 3.05) is 47.8 Å². The van der Waals surface area contributed by atoms with Crippen molar-refractivity contribution in [1.29, 1.82) is 0 Å². The molecule has 12 aromatic rings.